The summed E-state index contributed by atoms with van der Waals surface area (Å²) >= 11 is 4.88. The van der Waals surface area contributed by atoms with E-state index in [1.54, 1.807) is 30.5 Å². The summed E-state index contributed by atoms with van der Waals surface area (Å²) in [5.74, 6) is -0.670. The molecule has 0 aliphatic carbocycles. The monoisotopic (exact) mass is 469 g/mol. The summed E-state index contributed by atoms with van der Waals surface area (Å²) in [5.41, 5.74) is 3.53. The highest BCUT2D eigenvalue weighted by molar-refractivity contribution is 9.11. The van der Waals surface area contributed by atoms with Gasteiger partial charge in [-0.05, 0) is 60.0 Å². The highest BCUT2D eigenvalue weighted by atomic mass is 79.9. The Morgan fingerprint density at radius 3 is 2.70 bits per heavy atom. The number of hydrogen-bond donors (Lipinski definition) is 1. The summed E-state index contributed by atoms with van der Waals surface area (Å²) in [7, 11) is -3.59. The van der Waals surface area contributed by atoms with Crippen LogP contribution in [0.5, 0.6) is 0 Å². The number of benzene rings is 1. The molecule has 6 nitrogen and oxygen atoms in total. The van der Waals surface area contributed by atoms with Crippen molar-refractivity contribution in [3.63, 3.8) is 0 Å². The predicted octanol–water partition coefficient (Wildman–Crippen LogP) is 3.37. The molecule has 27 heavy (non-hydrogen) atoms. The molecule has 1 atom stereocenters. The third kappa shape index (κ3) is 5.04. The molecule has 1 aliphatic rings. The summed E-state index contributed by atoms with van der Waals surface area (Å²) in [6.07, 6.45) is 2.87. The fourth-order valence-corrected chi connectivity index (χ4v) is 5.70. The molecule has 2 aromatic rings. The number of piperidine rings is 1. The van der Waals surface area contributed by atoms with Crippen molar-refractivity contribution in [1.82, 2.24) is 9.73 Å². The average Bonchev–Trinajstić information content (AvgIpc) is 3.07. The zero-order chi connectivity index (χ0) is 19.4. The van der Waals surface area contributed by atoms with E-state index in [0.29, 0.717) is 19.4 Å². The fourth-order valence-electron chi connectivity index (χ4n) is 2.88. The maximum absolute atomic E-state index is 12.8. The van der Waals surface area contributed by atoms with Crippen molar-refractivity contribution in [2.45, 2.75) is 24.7 Å². The lowest BCUT2D eigenvalue weighted by atomic mass is 9.99. The quantitative estimate of drug-likeness (QED) is 0.538. The zero-order valence-corrected chi connectivity index (χ0v) is 18.0. The van der Waals surface area contributed by atoms with Gasteiger partial charge in [0.2, 0.25) is 15.9 Å². The Bertz CT molecular complexity index is 939. The lowest BCUT2D eigenvalue weighted by molar-refractivity contribution is -0.126. The topological polar surface area (TPSA) is 78.8 Å². The number of nitrogens with one attached hydrogen (secondary N) is 1. The SMILES string of the molecule is Cc1ccc(S(=O)(=O)N2CCCC(C(=O)N/N=C/c3ccc(Br)s3)C2)cc1. The third-order valence-corrected chi connectivity index (χ3v) is 7.81. The van der Waals surface area contributed by atoms with Gasteiger partial charge >= 0.3 is 0 Å². The Morgan fingerprint density at radius 1 is 1.30 bits per heavy atom. The van der Waals surface area contributed by atoms with E-state index in [0.717, 1.165) is 14.2 Å². The molecular formula is C18H20BrN3O3S2. The molecule has 2 heterocycles. The summed E-state index contributed by atoms with van der Waals surface area (Å²) < 4.78 is 28.0. The summed E-state index contributed by atoms with van der Waals surface area (Å²) in [4.78, 5) is 13.6. The maximum atomic E-state index is 12.8. The summed E-state index contributed by atoms with van der Waals surface area (Å²) in [5, 5.41) is 3.98. The normalized spacial score (nSPS) is 18.7. The number of carbonyl (C=O) groups is 1. The van der Waals surface area contributed by atoms with Crippen molar-refractivity contribution in [3.8, 4) is 0 Å². The predicted molar refractivity (Wildman–Crippen MR) is 110 cm³/mol. The van der Waals surface area contributed by atoms with Gasteiger partial charge in [-0.25, -0.2) is 13.8 Å². The lowest BCUT2D eigenvalue weighted by Crippen LogP contribution is -2.44. The van der Waals surface area contributed by atoms with Gasteiger partial charge in [0.25, 0.3) is 0 Å². The number of hydrazone groups is 1. The van der Waals surface area contributed by atoms with Crippen molar-refractivity contribution in [1.29, 1.82) is 0 Å². The molecule has 1 aromatic carbocycles. The van der Waals surface area contributed by atoms with Gasteiger partial charge in [0.05, 0.1) is 20.8 Å². The Balaban J connectivity index is 1.63. The highest BCUT2D eigenvalue weighted by Gasteiger charge is 2.33. The van der Waals surface area contributed by atoms with Crippen LogP contribution in [0, 0.1) is 12.8 Å². The van der Waals surface area contributed by atoms with Crippen LogP contribution in [0.3, 0.4) is 0 Å². The molecule has 1 aliphatic heterocycles. The molecule has 1 fully saturated rings. The number of sulfonamides is 1. The molecule has 1 N–H and O–H groups in total. The van der Waals surface area contributed by atoms with Gasteiger partial charge < -0.3 is 0 Å². The number of hydrogen-bond acceptors (Lipinski definition) is 5. The van der Waals surface area contributed by atoms with Crippen LogP contribution in [0.2, 0.25) is 0 Å². The number of amides is 1. The fraction of sp³-hybridized carbons (Fsp3) is 0.333. The van der Waals surface area contributed by atoms with E-state index in [9.17, 15) is 13.2 Å². The van der Waals surface area contributed by atoms with E-state index < -0.39 is 15.9 Å². The first-order valence-corrected chi connectivity index (χ1v) is 11.6. The van der Waals surface area contributed by atoms with E-state index in [-0.39, 0.29) is 17.3 Å². The molecule has 0 saturated carbocycles. The van der Waals surface area contributed by atoms with Crippen LogP contribution in [0.1, 0.15) is 23.3 Å². The minimum atomic E-state index is -3.59. The molecule has 3 rings (SSSR count). The molecule has 9 heteroatoms. The summed E-state index contributed by atoms with van der Waals surface area (Å²) in [6.45, 7) is 2.50. The van der Waals surface area contributed by atoms with E-state index in [2.05, 4.69) is 26.5 Å². The van der Waals surface area contributed by atoms with E-state index in [4.69, 9.17) is 0 Å². The van der Waals surface area contributed by atoms with Crippen LogP contribution in [-0.2, 0) is 14.8 Å². The Labute approximate surface area is 171 Å². The molecule has 144 valence electrons. The smallest absolute Gasteiger partial charge is 0.244 e. The van der Waals surface area contributed by atoms with Gasteiger partial charge in [0.1, 0.15) is 0 Å². The number of nitrogens with zero attached hydrogens (tertiary/aromatic N) is 2. The van der Waals surface area contributed by atoms with Gasteiger partial charge in [-0.1, -0.05) is 17.7 Å². The molecular weight excluding hydrogens is 450 g/mol. The summed E-state index contributed by atoms with van der Waals surface area (Å²) in [6, 6.07) is 10.6. The van der Waals surface area contributed by atoms with Gasteiger partial charge in [-0.15, -0.1) is 11.3 Å². The second-order valence-electron chi connectivity index (χ2n) is 6.39. The largest absolute Gasteiger partial charge is 0.273 e. The maximum Gasteiger partial charge on any atom is 0.244 e. The first-order chi connectivity index (χ1) is 12.9. The van der Waals surface area contributed by atoms with Crippen LogP contribution in [0.25, 0.3) is 0 Å². The lowest BCUT2D eigenvalue weighted by Gasteiger charge is -2.30. The van der Waals surface area contributed by atoms with Crippen LogP contribution >= 0.6 is 27.3 Å². The minimum absolute atomic E-state index is 0.169. The van der Waals surface area contributed by atoms with E-state index in [1.807, 2.05) is 19.1 Å². The van der Waals surface area contributed by atoms with Crippen LogP contribution in [0.15, 0.2) is 50.2 Å². The first-order valence-electron chi connectivity index (χ1n) is 8.51. The highest BCUT2D eigenvalue weighted by Crippen LogP contribution is 2.24. The van der Waals surface area contributed by atoms with E-state index >= 15 is 0 Å². The van der Waals surface area contributed by atoms with Gasteiger partial charge in [-0.3, -0.25) is 4.79 Å². The van der Waals surface area contributed by atoms with Crippen molar-refractivity contribution in [2.75, 3.05) is 13.1 Å². The van der Waals surface area contributed by atoms with Crippen LogP contribution < -0.4 is 5.43 Å². The number of aryl methyl sites for hydroxylation is 1. The Hall–Kier alpha value is -1.55. The molecule has 0 radical (unpaired) electrons. The van der Waals surface area contributed by atoms with Crippen molar-refractivity contribution in [2.24, 2.45) is 11.0 Å². The Kier molecular flexibility index (Phi) is 6.46. The first kappa shape index (κ1) is 20.2. The molecule has 0 bridgehead atoms. The van der Waals surface area contributed by atoms with Crippen molar-refractivity contribution < 1.29 is 13.2 Å². The van der Waals surface area contributed by atoms with Crippen molar-refractivity contribution >= 4 is 49.4 Å². The van der Waals surface area contributed by atoms with Gasteiger partial charge in [0.15, 0.2) is 0 Å². The zero-order valence-electron chi connectivity index (χ0n) is 14.8. The second-order valence-corrected chi connectivity index (χ2v) is 10.8. The molecule has 1 amide bonds. The number of halogens is 1. The Morgan fingerprint density at radius 2 is 2.04 bits per heavy atom. The standard InChI is InChI=1S/C18H20BrN3O3S2/c1-13-4-7-16(8-5-13)27(24,25)22-10-2-3-14(12-22)18(23)21-20-11-15-6-9-17(19)26-15/h4-9,11,14H,2-3,10,12H2,1H3,(H,21,23)/b20-11+. The number of carbonyl (C=O) groups excluding carboxylic acids is 1. The van der Waals surface area contributed by atoms with E-state index in [1.165, 1.54) is 15.6 Å². The molecule has 0 spiro atoms. The third-order valence-electron chi connectivity index (χ3n) is 4.37. The molecule has 1 unspecified atom stereocenters. The van der Waals surface area contributed by atoms with Gasteiger partial charge in [0, 0.05) is 18.0 Å². The molecule has 1 aromatic heterocycles. The van der Waals surface area contributed by atoms with Crippen molar-refractivity contribution in [3.05, 3.63) is 50.6 Å². The second kappa shape index (κ2) is 8.64. The van der Waals surface area contributed by atoms with Gasteiger partial charge in [-0.2, -0.15) is 9.41 Å². The number of thiophene rings is 1. The molecule has 1 saturated heterocycles. The van der Waals surface area contributed by atoms with Crippen LogP contribution in [0.4, 0.5) is 0 Å². The number of rotatable bonds is 5. The average molecular weight is 470 g/mol. The van der Waals surface area contributed by atoms with Crippen LogP contribution in [-0.4, -0.2) is 37.9 Å². The minimum Gasteiger partial charge on any atom is -0.273 e.